The molecule has 0 atom stereocenters. The van der Waals surface area contributed by atoms with Gasteiger partial charge in [-0.05, 0) is 31.4 Å². The molecule has 1 aliphatic rings. The molecule has 0 spiro atoms. The fourth-order valence-corrected chi connectivity index (χ4v) is 4.36. The smallest absolute Gasteiger partial charge is 0.255 e. The van der Waals surface area contributed by atoms with Gasteiger partial charge in [-0.1, -0.05) is 19.1 Å². The zero-order chi connectivity index (χ0) is 17.0. The van der Waals surface area contributed by atoms with Crippen LogP contribution in [-0.2, 0) is 14.6 Å². The van der Waals surface area contributed by atoms with E-state index in [1.165, 1.54) is 6.07 Å². The molecule has 0 aromatic heterocycles. The molecular weight excluding hydrogens is 316 g/mol. The molecule has 0 bridgehead atoms. The topological polar surface area (TPSA) is 97.5 Å². The van der Waals surface area contributed by atoms with Gasteiger partial charge < -0.3 is 10.6 Å². The van der Waals surface area contributed by atoms with E-state index >= 15 is 0 Å². The minimum Gasteiger partial charge on any atom is -0.369 e. The quantitative estimate of drug-likeness (QED) is 0.872. The maximum Gasteiger partial charge on any atom is 0.255 e. The van der Waals surface area contributed by atoms with Crippen LogP contribution in [-0.4, -0.2) is 44.0 Å². The van der Waals surface area contributed by atoms with E-state index in [2.05, 4.69) is 0 Å². The molecule has 1 saturated heterocycles. The number of piperidine rings is 1. The highest BCUT2D eigenvalue weighted by Gasteiger charge is 2.29. The summed E-state index contributed by atoms with van der Waals surface area (Å²) < 4.78 is 24.7. The average molecular weight is 338 g/mol. The minimum atomic E-state index is -3.47. The lowest BCUT2D eigenvalue weighted by Crippen LogP contribution is -2.42. The zero-order valence-corrected chi connectivity index (χ0v) is 14.0. The van der Waals surface area contributed by atoms with Crippen molar-refractivity contribution in [1.82, 2.24) is 4.90 Å². The van der Waals surface area contributed by atoms with E-state index in [4.69, 9.17) is 5.73 Å². The molecule has 6 nitrogen and oxygen atoms in total. The summed E-state index contributed by atoms with van der Waals surface area (Å²) in [4.78, 5) is 25.6. The lowest BCUT2D eigenvalue weighted by atomic mass is 9.96. The van der Waals surface area contributed by atoms with Gasteiger partial charge in [0, 0.05) is 19.0 Å². The molecule has 0 saturated carbocycles. The van der Waals surface area contributed by atoms with Gasteiger partial charge in [-0.2, -0.15) is 0 Å². The molecule has 2 N–H and O–H groups in total. The number of carbonyl (C=O) groups excluding carboxylic acids is 2. The molecular formula is C16H22N2O4S. The first-order chi connectivity index (χ1) is 10.9. The van der Waals surface area contributed by atoms with Crippen LogP contribution in [0, 0.1) is 5.92 Å². The Balaban J connectivity index is 2.23. The molecule has 0 aliphatic carbocycles. The van der Waals surface area contributed by atoms with Crippen molar-refractivity contribution in [2.24, 2.45) is 11.7 Å². The number of sulfone groups is 1. The van der Waals surface area contributed by atoms with Crippen molar-refractivity contribution in [3.05, 3.63) is 29.8 Å². The number of carbonyl (C=O) groups is 2. The van der Waals surface area contributed by atoms with Crippen molar-refractivity contribution < 1.29 is 18.0 Å². The maximum absolute atomic E-state index is 12.7. The Labute approximate surface area is 136 Å². The van der Waals surface area contributed by atoms with Gasteiger partial charge in [-0.3, -0.25) is 9.59 Å². The molecule has 2 amide bonds. The van der Waals surface area contributed by atoms with Crippen LogP contribution in [0.4, 0.5) is 0 Å². The lowest BCUT2D eigenvalue weighted by Gasteiger charge is -2.31. The fourth-order valence-electron chi connectivity index (χ4n) is 2.83. The minimum absolute atomic E-state index is 0.0149. The number of rotatable bonds is 5. The van der Waals surface area contributed by atoms with E-state index in [-0.39, 0.29) is 33.9 Å². The molecule has 0 radical (unpaired) electrons. The summed E-state index contributed by atoms with van der Waals surface area (Å²) in [6.07, 6.45) is 1.53. The van der Waals surface area contributed by atoms with Crippen molar-refractivity contribution in [1.29, 1.82) is 0 Å². The second-order valence-corrected chi connectivity index (χ2v) is 7.86. The largest absolute Gasteiger partial charge is 0.369 e. The van der Waals surface area contributed by atoms with E-state index in [0.717, 1.165) is 0 Å². The number of likely N-dealkylation sites (tertiary alicyclic amines) is 1. The first-order valence-electron chi connectivity index (χ1n) is 7.77. The molecule has 7 heteroatoms. The second kappa shape index (κ2) is 7.12. The van der Waals surface area contributed by atoms with Crippen LogP contribution in [0.3, 0.4) is 0 Å². The summed E-state index contributed by atoms with van der Waals surface area (Å²) in [5.74, 6) is -0.842. The van der Waals surface area contributed by atoms with E-state index in [1.807, 2.05) is 0 Å². The monoisotopic (exact) mass is 338 g/mol. The van der Waals surface area contributed by atoms with E-state index in [0.29, 0.717) is 32.4 Å². The van der Waals surface area contributed by atoms with E-state index < -0.39 is 9.84 Å². The van der Waals surface area contributed by atoms with E-state index in [9.17, 15) is 18.0 Å². The number of primary amides is 1. The number of nitrogens with two attached hydrogens (primary N) is 1. The Morgan fingerprint density at radius 2 is 1.83 bits per heavy atom. The van der Waals surface area contributed by atoms with Crippen molar-refractivity contribution in [2.45, 2.75) is 31.1 Å². The van der Waals surface area contributed by atoms with Gasteiger partial charge in [0.15, 0.2) is 9.84 Å². The van der Waals surface area contributed by atoms with Crippen molar-refractivity contribution >= 4 is 21.7 Å². The summed E-state index contributed by atoms with van der Waals surface area (Å²) in [6, 6.07) is 6.31. The first kappa shape index (κ1) is 17.5. The molecule has 126 valence electrons. The van der Waals surface area contributed by atoms with Crippen LogP contribution in [0.2, 0.25) is 0 Å². The van der Waals surface area contributed by atoms with Gasteiger partial charge in [-0.15, -0.1) is 0 Å². The predicted octanol–water partition coefficient (Wildman–Crippen LogP) is 1.21. The molecule has 1 heterocycles. The maximum atomic E-state index is 12.7. The van der Waals surface area contributed by atoms with Gasteiger partial charge >= 0.3 is 0 Å². The molecule has 1 aromatic carbocycles. The highest BCUT2D eigenvalue weighted by molar-refractivity contribution is 7.91. The molecule has 1 aliphatic heterocycles. The summed E-state index contributed by atoms with van der Waals surface area (Å²) in [7, 11) is -3.47. The Kier molecular flexibility index (Phi) is 5.41. The van der Waals surface area contributed by atoms with Crippen LogP contribution in [0.5, 0.6) is 0 Å². The third-order valence-electron chi connectivity index (χ3n) is 4.11. The van der Waals surface area contributed by atoms with Crippen molar-refractivity contribution in [3.8, 4) is 0 Å². The summed E-state index contributed by atoms with van der Waals surface area (Å²) in [5.41, 5.74) is 5.50. The van der Waals surface area contributed by atoms with Gasteiger partial charge in [0.25, 0.3) is 5.91 Å². The third-order valence-corrected chi connectivity index (χ3v) is 6.08. The number of hydrogen-bond acceptors (Lipinski definition) is 4. The van der Waals surface area contributed by atoms with E-state index in [1.54, 1.807) is 30.0 Å². The van der Waals surface area contributed by atoms with Gasteiger partial charge in [0.1, 0.15) is 0 Å². The van der Waals surface area contributed by atoms with Crippen LogP contribution >= 0.6 is 0 Å². The van der Waals surface area contributed by atoms with Gasteiger partial charge in [-0.25, -0.2) is 8.42 Å². The Bertz CT molecular complexity index is 692. The Morgan fingerprint density at radius 3 is 2.39 bits per heavy atom. The number of hydrogen-bond donors (Lipinski definition) is 1. The normalized spacial score (nSPS) is 16.3. The standard InChI is InChI=1S/C16H22N2O4S/c1-2-11-23(21,22)14-6-4-3-5-13(14)16(20)18-9-7-12(8-10-18)15(17)19/h3-6,12H,2,7-11H2,1H3,(H2,17,19). The summed E-state index contributed by atoms with van der Waals surface area (Å²) in [5, 5.41) is 0. The predicted molar refractivity (Wildman–Crippen MR) is 86.6 cm³/mol. The van der Waals surface area contributed by atoms with Crippen LogP contribution in [0.25, 0.3) is 0 Å². The highest BCUT2D eigenvalue weighted by atomic mass is 32.2. The zero-order valence-electron chi connectivity index (χ0n) is 13.2. The average Bonchev–Trinajstić information content (AvgIpc) is 2.54. The van der Waals surface area contributed by atoms with Gasteiger partial charge in [0.2, 0.25) is 5.91 Å². The molecule has 23 heavy (non-hydrogen) atoms. The Morgan fingerprint density at radius 1 is 1.22 bits per heavy atom. The third kappa shape index (κ3) is 3.90. The fraction of sp³-hybridized carbons (Fsp3) is 0.500. The molecule has 2 rings (SSSR count). The van der Waals surface area contributed by atoms with Crippen molar-refractivity contribution in [2.75, 3.05) is 18.8 Å². The SMILES string of the molecule is CCCS(=O)(=O)c1ccccc1C(=O)N1CCC(C(N)=O)CC1. The van der Waals surface area contributed by atoms with Crippen LogP contribution in [0.1, 0.15) is 36.5 Å². The summed E-state index contributed by atoms with van der Waals surface area (Å²) >= 11 is 0. The lowest BCUT2D eigenvalue weighted by molar-refractivity contribution is -0.123. The first-order valence-corrected chi connectivity index (χ1v) is 9.42. The number of nitrogens with zero attached hydrogens (tertiary/aromatic N) is 1. The van der Waals surface area contributed by atoms with Gasteiger partial charge in [0.05, 0.1) is 16.2 Å². The summed E-state index contributed by atoms with van der Waals surface area (Å²) in [6.45, 7) is 2.61. The van der Waals surface area contributed by atoms with Crippen LogP contribution < -0.4 is 5.73 Å². The highest BCUT2D eigenvalue weighted by Crippen LogP contribution is 2.23. The van der Waals surface area contributed by atoms with Crippen LogP contribution in [0.15, 0.2) is 29.2 Å². The number of benzene rings is 1. The second-order valence-electron chi connectivity index (χ2n) is 5.78. The molecule has 0 unspecified atom stereocenters. The Hall–Kier alpha value is -1.89. The van der Waals surface area contributed by atoms with Crippen molar-refractivity contribution in [3.63, 3.8) is 0 Å². The number of amides is 2. The molecule has 1 aromatic rings. The molecule has 1 fully saturated rings.